The molecule has 3 N–H and O–H groups in total. The van der Waals surface area contributed by atoms with Gasteiger partial charge in [0.1, 0.15) is 5.52 Å². The number of aliphatic hydroxyl groups excluding tert-OH is 1. The van der Waals surface area contributed by atoms with Gasteiger partial charge in [0.15, 0.2) is 11.5 Å². The molecule has 2 saturated heterocycles. The fourth-order valence-electron chi connectivity index (χ4n) is 3.78. The van der Waals surface area contributed by atoms with Crippen molar-refractivity contribution < 1.29 is 9.90 Å². The summed E-state index contributed by atoms with van der Waals surface area (Å²) in [5.41, 5.74) is 1.40. The smallest absolute Gasteiger partial charge is 0.229 e. The Bertz CT molecular complexity index is 778. The number of imidazole rings is 1. The fourth-order valence-corrected chi connectivity index (χ4v) is 3.78. The van der Waals surface area contributed by atoms with Crippen LogP contribution in [0.1, 0.15) is 32.1 Å². The predicted molar refractivity (Wildman–Crippen MR) is 98.1 cm³/mol. The van der Waals surface area contributed by atoms with Crippen LogP contribution in [0.15, 0.2) is 6.33 Å². The van der Waals surface area contributed by atoms with Crippen LogP contribution in [0.3, 0.4) is 0 Å². The van der Waals surface area contributed by atoms with E-state index in [4.69, 9.17) is 0 Å². The number of hydrogen-bond donors (Lipinski definition) is 3. The highest BCUT2D eigenvalue weighted by molar-refractivity contribution is 5.83. The van der Waals surface area contributed by atoms with Crippen LogP contribution < -0.4 is 10.2 Å². The molecule has 2 aromatic rings. The lowest BCUT2D eigenvalue weighted by Crippen LogP contribution is -2.33. The second-order valence-electron chi connectivity index (χ2n) is 6.91. The monoisotopic (exact) mass is 359 g/mol. The summed E-state index contributed by atoms with van der Waals surface area (Å²) < 4.78 is 0. The zero-order chi connectivity index (χ0) is 17.9. The SMILES string of the molecule is O=C1CCCN1CCCNc1nc(N2CCCC2CO)nc2nc[nH]c12. The number of aromatic nitrogens is 4. The molecule has 0 radical (unpaired) electrons. The lowest BCUT2D eigenvalue weighted by Gasteiger charge is -2.23. The first-order valence-corrected chi connectivity index (χ1v) is 9.36. The van der Waals surface area contributed by atoms with Gasteiger partial charge in [0, 0.05) is 32.6 Å². The van der Waals surface area contributed by atoms with Crippen LogP contribution in [-0.2, 0) is 4.79 Å². The van der Waals surface area contributed by atoms with Gasteiger partial charge in [-0.15, -0.1) is 0 Å². The molecule has 2 fully saturated rings. The van der Waals surface area contributed by atoms with Crippen molar-refractivity contribution in [3.05, 3.63) is 6.33 Å². The van der Waals surface area contributed by atoms with E-state index in [-0.39, 0.29) is 18.6 Å². The minimum absolute atomic E-state index is 0.0698. The Hall–Kier alpha value is -2.42. The Labute approximate surface area is 151 Å². The molecule has 4 rings (SSSR count). The van der Waals surface area contributed by atoms with Crippen molar-refractivity contribution in [1.29, 1.82) is 0 Å². The van der Waals surface area contributed by atoms with Crippen LogP contribution >= 0.6 is 0 Å². The molecule has 0 aliphatic carbocycles. The number of amides is 1. The molecule has 0 bridgehead atoms. The van der Waals surface area contributed by atoms with Crippen LogP contribution in [-0.4, -0.2) is 74.7 Å². The Morgan fingerprint density at radius 1 is 1.31 bits per heavy atom. The average molecular weight is 359 g/mol. The van der Waals surface area contributed by atoms with E-state index in [1.165, 1.54) is 0 Å². The number of likely N-dealkylation sites (tertiary alicyclic amines) is 1. The third-order valence-corrected chi connectivity index (χ3v) is 5.19. The maximum atomic E-state index is 11.7. The van der Waals surface area contributed by atoms with E-state index in [0.29, 0.717) is 18.0 Å². The molecule has 26 heavy (non-hydrogen) atoms. The second-order valence-corrected chi connectivity index (χ2v) is 6.91. The number of hydrogen-bond acceptors (Lipinski definition) is 7. The molecule has 1 atom stereocenters. The number of carbonyl (C=O) groups is 1. The van der Waals surface area contributed by atoms with Gasteiger partial charge in [-0.3, -0.25) is 4.79 Å². The molecule has 9 nitrogen and oxygen atoms in total. The molecule has 9 heteroatoms. The molecule has 2 aliphatic heterocycles. The van der Waals surface area contributed by atoms with E-state index in [0.717, 1.165) is 63.2 Å². The van der Waals surface area contributed by atoms with Gasteiger partial charge >= 0.3 is 0 Å². The van der Waals surface area contributed by atoms with Crippen LogP contribution in [0, 0.1) is 0 Å². The highest BCUT2D eigenvalue weighted by Gasteiger charge is 2.27. The molecule has 0 aromatic carbocycles. The Morgan fingerprint density at radius 3 is 3.04 bits per heavy atom. The third-order valence-electron chi connectivity index (χ3n) is 5.19. The Morgan fingerprint density at radius 2 is 2.23 bits per heavy atom. The van der Waals surface area contributed by atoms with Gasteiger partial charge < -0.3 is 25.2 Å². The van der Waals surface area contributed by atoms with E-state index in [2.05, 4.69) is 30.2 Å². The molecule has 2 aromatic heterocycles. The van der Waals surface area contributed by atoms with E-state index in [1.807, 2.05) is 4.90 Å². The van der Waals surface area contributed by atoms with Gasteiger partial charge in [-0.1, -0.05) is 0 Å². The van der Waals surface area contributed by atoms with Crippen LogP contribution in [0.25, 0.3) is 11.2 Å². The van der Waals surface area contributed by atoms with Crippen LogP contribution in [0.2, 0.25) is 0 Å². The minimum atomic E-state index is 0.0698. The number of anilines is 2. The molecule has 2 aliphatic rings. The number of nitrogens with one attached hydrogen (secondary N) is 2. The summed E-state index contributed by atoms with van der Waals surface area (Å²) in [7, 11) is 0. The molecule has 1 unspecified atom stereocenters. The van der Waals surface area contributed by atoms with Crippen molar-refractivity contribution in [2.75, 3.05) is 43.0 Å². The topological polar surface area (TPSA) is 110 Å². The van der Waals surface area contributed by atoms with Crippen molar-refractivity contribution in [1.82, 2.24) is 24.8 Å². The summed E-state index contributed by atoms with van der Waals surface area (Å²) >= 11 is 0. The van der Waals surface area contributed by atoms with Crippen LogP contribution in [0.4, 0.5) is 11.8 Å². The number of fused-ring (bicyclic) bond motifs is 1. The standard InChI is InChI=1S/C17H25N7O2/c25-10-12-4-1-9-24(12)17-21-15(14-16(22-17)20-11-19-14)18-6-3-8-23-7-2-5-13(23)26/h11-12,25H,1-10H2,(H2,18,19,20,21,22). The molecule has 0 spiro atoms. The summed E-state index contributed by atoms with van der Waals surface area (Å²) in [6, 6.07) is 0.0698. The molecular formula is C17H25N7O2. The second kappa shape index (κ2) is 7.45. The fraction of sp³-hybridized carbons (Fsp3) is 0.647. The molecule has 1 amide bonds. The van der Waals surface area contributed by atoms with Crippen molar-refractivity contribution in [2.24, 2.45) is 0 Å². The highest BCUT2D eigenvalue weighted by Crippen LogP contribution is 2.26. The normalized spacial score (nSPS) is 20.5. The predicted octanol–water partition coefficient (Wildman–Crippen LogP) is 0.738. The third kappa shape index (κ3) is 3.31. The van der Waals surface area contributed by atoms with Gasteiger partial charge in [0.05, 0.1) is 19.0 Å². The summed E-state index contributed by atoms with van der Waals surface area (Å²) in [6.45, 7) is 3.32. The van der Waals surface area contributed by atoms with Crippen molar-refractivity contribution in [2.45, 2.75) is 38.1 Å². The maximum Gasteiger partial charge on any atom is 0.229 e. The lowest BCUT2D eigenvalue weighted by atomic mass is 10.2. The number of rotatable bonds is 7. The van der Waals surface area contributed by atoms with E-state index >= 15 is 0 Å². The summed E-state index contributed by atoms with van der Waals surface area (Å²) in [5, 5.41) is 12.9. The molecule has 4 heterocycles. The van der Waals surface area contributed by atoms with Gasteiger partial charge in [-0.2, -0.15) is 9.97 Å². The lowest BCUT2D eigenvalue weighted by molar-refractivity contribution is -0.127. The van der Waals surface area contributed by atoms with Gasteiger partial charge in [0.2, 0.25) is 11.9 Å². The van der Waals surface area contributed by atoms with Crippen LogP contribution in [0.5, 0.6) is 0 Å². The maximum absolute atomic E-state index is 11.7. The van der Waals surface area contributed by atoms with Crippen molar-refractivity contribution in [3.8, 4) is 0 Å². The zero-order valence-corrected chi connectivity index (χ0v) is 14.8. The largest absolute Gasteiger partial charge is 0.394 e. The Balaban J connectivity index is 1.45. The van der Waals surface area contributed by atoms with E-state index in [9.17, 15) is 9.90 Å². The number of nitrogens with zero attached hydrogens (tertiary/aromatic N) is 5. The average Bonchev–Trinajstić information content (AvgIpc) is 3.38. The number of carbonyl (C=O) groups excluding carboxylic acids is 1. The first-order chi connectivity index (χ1) is 12.8. The minimum Gasteiger partial charge on any atom is -0.394 e. The number of aliphatic hydroxyl groups is 1. The van der Waals surface area contributed by atoms with Gasteiger partial charge in [0.25, 0.3) is 0 Å². The molecular weight excluding hydrogens is 334 g/mol. The zero-order valence-electron chi connectivity index (χ0n) is 14.8. The Kier molecular flexibility index (Phi) is 4.87. The number of H-pyrrole nitrogens is 1. The van der Waals surface area contributed by atoms with E-state index < -0.39 is 0 Å². The van der Waals surface area contributed by atoms with Crippen molar-refractivity contribution in [3.63, 3.8) is 0 Å². The van der Waals surface area contributed by atoms with Gasteiger partial charge in [-0.25, -0.2) is 4.98 Å². The molecule has 0 saturated carbocycles. The number of aromatic amines is 1. The first kappa shape index (κ1) is 17.0. The molecule has 140 valence electrons. The van der Waals surface area contributed by atoms with E-state index in [1.54, 1.807) is 6.33 Å². The highest BCUT2D eigenvalue weighted by atomic mass is 16.3. The van der Waals surface area contributed by atoms with Crippen molar-refractivity contribution >= 4 is 28.8 Å². The first-order valence-electron chi connectivity index (χ1n) is 9.36. The summed E-state index contributed by atoms with van der Waals surface area (Å²) in [5.74, 6) is 1.59. The summed E-state index contributed by atoms with van der Waals surface area (Å²) in [4.78, 5) is 32.2. The van der Waals surface area contributed by atoms with Gasteiger partial charge in [-0.05, 0) is 25.7 Å². The quantitative estimate of drug-likeness (QED) is 0.625. The summed E-state index contributed by atoms with van der Waals surface area (Å²) in [6.07, 6.45) is 6.11.